The molecule has 1 amide bonds. The Morgan fingerprint density at radius 3 is 2.58 bits per heavy atom. The number of rotatable bonds is 6. The molecule has 1 N–H and O–H groups in total. The Bertz CT molecular complexity index is 434. The van der Waals surface area contributed by atoms with Crippen molar-refractivity contribution in [3.63, 3.8) is 0 Å². The van der Waals surface area contributed by atoms with Crippen LogP contribution >= 0.6 is 27.5 Å². The van der Waals surface area contributed by atoms with Crippen LogP contribution in [-0.4, -0.2) is 11.9 Å². The Morgan fingerprint density at radius 2 is 2.00 bits per heavy atom. The number of halogens is 2. The topological polar surface area (TPSA) is 29.1 Å². The van der Waals surface area contributed by atoms with Crippen LogP contribution in [0.15, 0.2) is 22.7 Å². The van der Waals surface area contributed by atoms with Gasteiger partial charge in [0.15, 0.2) is 0 Å². The van der Waals surface area contributed by atoms with Crippen molar-refractivity contribution in [1.29, 1.82) is 0 Å². The van der Waals surface area contributed by atoms with Gasteiger partial charge in [-0.3, -0.25) is 4.79 Å². The first-order valence-electron chi connectivity index (χ1n) is 6.66. The molecule has 0 aliphatic carbocycles. The van der Waals surface area contributed by atoms with Gasteiger partial charge < -0.3 is 5.32 Å². The Morgan fingerprint density at radius 1 is 1.32 bits per heavy atom. The molecule has 1 rings (SSSR count). The smallest absolute Gasteiger partial charge is 0.251 e. The van der Waals surface area contributed by atoms with Crippen molar-refractivity contribution in [2.24, 2.45) is 5.92 Å². The highest BCUT2D eigenvalue weighted by Crippen LogP contribution is 2.23. The average Bonchev–Trinajstić information content (AvgIpc) is 2.32. The fourth-order valence-corrected chi connectivity index (χ4v) is 2.28. The zero-order chi connectivity index (χ0) is 14.4. The van der Waals surface area contributed by atoms with Crippen LogP contribution in [0.25, 0.3) is 0 Å². The summed E-state index contributed by atoms with van der Waals surface area (Å²) in [5, 5.41) is 3.56. The fourth-order valence-electron chi connectivity index (χ4n) is 1.85. The molecule has 1 aromatic rings. The largest absolute Gasteiger partial charge is 0.350 e. The zero-order valence-electron chi connectivity index (χ0n) is 11.7. The molecular formula is C15H21BrClNO. The molecule has 1 atom stereocenters. The van der Waals surface area contributed by atoms with Gasteiger partial charge in [0.25, 0.3) is 5.91 Å². The van der Waals surface area contributed by atoms with E-state index in [1.807, 2.05) is 6.92 Å². The fraction of sp³-hybridized carbons (Fsp3) is 0.533. The van der Waals surface area contributed by atoms with Gasteiger partial charge in [-0.25, -0.2) is 0 Å². The molecule has 1 unspecified atom stereocenters. The van der Waals surface area contributed by atoms with Gasteiger partial charge in [-0.05, 0) is 53.4 Å². The van der Waals surface area contributed by atoms with Crippen LogP contribution in [-0.2, 0) is 0 Å². The minimum Gasteiger partial charge on any atom is -0.350 e. The van der Waals surface area contributed by atoms with Gasteiger partial charge in [0.05, 0.1) is 5.02 Å². The van der Waals surface area contributed by atoms with E-state index in [2.05, 4.69) is 35.1 Å². The summed E-state index contributed by atoms with van der Waals surface area (Å²) >= 11 is 9.30. The van der Waals surface area contributed by atoms with Crippen LogP contribution in [0.5, 0.6) is 0 Å². The molecule has 0 aliphatic heterocycles. The van der Waals surface area contributed by atoms with Crippen LogP contribution in [0.1, 0.15) is 50.4 Å². The molecular weight excluding hydrogens is 326 g/mol. The second-order valence-corrected chi connectivity index (χ2v) is 6.59. The molecule has 0 fully saturated rings. The summed E-state index contributed by atoms with van der Waals surface area (Å²) < 4.78 is 0.802. The predicted octanol–water partition coefficient (Wildman–Crippen LogP) is 5.05. The summed E-state index contributed by atoms with van der Waals surface area (Å²) in [7, 11) is 0. The maximum Gasteiger partial charge on any atom is 0.251 e. The summed E-state index contributed by atoms with van der Waals surface area (Å²) in [4.78, 5) is 12.0. The molecule has 0 heterocycles. The first kappa shape index (κ1) is 16.5. The molecule has 4 heteroatoms. The van der Waals surface area contributed by atoms with E-state index in [4.69, 9.17) is 11.6 Å². The maximum absolute atomic E-state index is 12.0. The highest BCUT2D eigenvalue weighted by atomic mass is 79.9. The third kappa shape index (κ3) is 5.96. The minimum absolute atomic E-state index is 0.0635. The van der Waals surface area contributed by atoms with E-state index in [0.29, 0.717) is 16.5 Å². The number of hydrogen-bond donors (Lipinski definition) is 1. The van der Waals surface area contributed by atoms with E-state index in [9.17, 15) is 4.79 Å². The molecule has 0 radical (unpaired) electrons. The SMILES string of the molecule is CC(C)CCCC(C)NC(=O)c1ccc(Br)c(Cl)c1. The van der Waals surface area contributed by atoms with Gasteiger partial charge in [-0.2, -0.15) is 0 Å². The molecule has 0 saturated carbocycles. The quantitative estimate of drug-likeness (QED) is 0.767. The highest BCUT2D eigenvalue weighted by Gasteiger charge is 2.11. The van der Waals surface area contributed by atoms with Crippen LogP contribution in [0.4, 0.5) is 0 Å². The number of hydrogen-bond acceptors (Lipinski definition) is 1. The summed E-state index contributed by atoms with van der Waals surface area (Å²) in [6, 6.07) is 5.43. The molecule has 0 aromatic heterocycles. The average molecular weight is 347 g/mol. The van der Waals surface area contributed by atoms with Gasteiger partial charge in [-0.15, -0.1) is 0 Å². The first-order chi connectivity index (χ1) is 8.90. The third-order valence-electron chi connectivity index (χ3n) is 2.98. The number of carbonyl (C=O) groups excluding carboxylic acids is 1. The molecule has 19 heavy (non-hydrogen) atoms. The number of benzene rings is 1. The second kappa shape index (κ2) is 7.91. The molecule has 0 spiro atoms. The van der Waals surface area contributed by atoms with Crippen molar-refractivity contribution in [2.75, 3.05) is 0 Å². The Balaban J connectivity index is 2.47. The van der Waals surface area contributed by atoms with Crippen molar-refractivity contribution in [3.05, 3.63) is 33.3 Å². The van der Waals surface area contributed by atoms with E-state index in [-0.39, 0.29) is 11.9 Å². The summed E-state index contributed by atoms with van der Waals surface area (Å²) in [6.45, 7) is 6.47. The van der Waals surface area contributed by atoms with Crippen molar-refractivity contribution >= 4 is 33.4 Å². The molecule has 0 bridgehead atoms. The molecule has 0 saturated heterocycles. The van der Waals surface area contributed by atoms with Gasteiger partial charge in [0.2, 0.25) is 0 Å². The summed E-state index contributed by atoms with van der Waals surface area (Å²) in [5.41, 5.74) is 0.601. The van der Waals surface area contributed by atoms with E-state index < -0.39 is 0 Å². The van der Waals surface area contributed by atoms with E-state index >= 15 is 0 Å². The molecule has 1 aromatic carbocycles. The molecule has 106 valence electrons. The van der Waals surface area contributed by atoms with Gasteiger partial charge in [-0.1, -0.05) is 38.3 Å². The lowest BCUT2D eigenvalue weighted by Crippen LogP contribution is -2.32. The van der Waals surface area contributed by atoms with Crippen LogP contribution in [0, 0.1) is 5.92 Å². The maximum atomic E-state index is 12.0. The minimum atomic E-state index is -0.0635. The number of carbonyl (C=O) groups is 1. The van der Waals surface area contributed by atoms with E-state index in [1.165, 1.54) is 6.42 Å². The summed E-state index contributed by atoms with van der Waals surface area (Å²) in [5.74, 6) is 0.652. The number of nitrogens with one attached hydrogen (secondary N) is 1. The molecule has 2 nitrogen and oxygen atoms in total. The van der Waals surface area contributed by atoms with Crippen LogP contribution in [0.3, 0.4) is 0 Å². The van der Waals surface area contributed by atoms with Gasteiger partial charge >= 0.3 is 0 Å². The van der Waals surface area contributed by atoms with Crippen molar-refractivity contribution in [1.82, 2.24) is 5.32 Å². The Hall–Kier alpha value is -0.540. The van der Waals surface area contributed by atoms with Crippen molar-refractivity contribution in [2.45, 2.75) is 46.1 Å². The van der Waals surface area contributed by atoms with Gasteiger partial charge in [0, 0.05) is 16.1 Å². The number of amides is 1. The second-order valence-electron chi connectivity index (χ2n) is 5.33. The van der Waals surface area contributed by atoms with Gasteiger partial charge in [0.1, 0.15) is 0 Å². The van der Waals surface area contributed by atoms with E-state index in [1.54, 1.807) is 18.2 Å². The van der Waals surface area contributed by atoms with Crippen molar-refractivity contribution < 1.29 is 4.79 Å². The zero-order valence-corrected chi connectivity index (χ0v) is 14.0. The lowest BCUT2D eigenvalue weighted by molar-refractivity contribution is 0.0938. The monoisotopic (exact) mass is 345 g/mol. The molecule has 0 aliphatic rings. The lowest BCUT2D eigenvalue weighted by atomic mass is 10.0. The van der Waals surface area contributed by atoms with Crippen LogP contribution < -0.4 is 5.32 Å². The third-order valence-corrected chi connectivity index (χ3v) is 4.21. The highest BCUT2D eigenvalue weighted by molar-refractivity contribution is 9.10. The predicted molar refractivity (Wildman–Crippen MR) is 84.8 cm³/mol. The van der Waals surface area contributed by atoms with Crippen molar-refractivity contribution in [3.8, 4) is 0 Å². The lowest BCUT2D eigenvalue weighted by Gasteiger charge is -2.14. The Kier molecular flexibility index (Phi) is 6.87. The normalized spacial score (nSPS) is 12.5. The van der Waals surface area contributed by atoms with E-state index in [0.717, 1.165) is 17.3 Å². The summed E-state index contributed by atoms with van der Waals surface area (Å²) in [6.07, 6.45) is 3.35. The first-order valence-corrected chi connectivity index (χ1v) is 7.83. The standard InChI is InChI=1S/C15H21BrClNO/c1-10(2)5-4-6-11(3)18-15(19)12-7-8-13(16)14(17)9-12/h7-11H,4-6H2,1-3H3,(H,18,19). The van der Waals surface area contributed by atoms with Crippen LogP contribution in [0.2, 0.25) is 5.02 Å². The Labute approximate surface area is 129 Å².